The van der Waals surface area contributed by atoms with Crippen molar-refractivity contribution in [1.82, 2.24) is 5.32 Å². The molecule has 3 N–H and O–H groups in total. The zero-order valence-corrected chi connectivity index (χ0v) is 15.1. The molecule has 0 saturated heterocycles. The number of aliphatic carboxylic acids is 1. The van der Waals surface area contributed by atoms with Crippen molar-refractivity contribution in [3.05, 3.63) is 29.8 Å². The lowest BCUT2D eigenvalue weighted by Crippen LogP contribution is -2.56. The van der Waals surface area contributed by atoms with Crippen LogP contribution in [-0.2, 0) is 9.59 Å². The molecule has 0 radical (unpaired) electrons. The first-order chi connectivity index (χ1) is 12.4. The maximum absolute atomic E-state index is 12.6. The van der Waals surface area contributed by atoms with Gasteiger partial charge in [0.15, 0.2) is 0 Å². The summed E-state index contributed by atoms with van der Waals surface area (Å²) in [4.78, 5) is 36.2. The Balaban J connectivity index is 1.64. The summed E-state index contributed by atoms with van der Waals surface area (Å²) < 4.78 is 0. The van der Waals surface area contributed by atoms with E-state index in [0.717, 1.165) is 32.1 Å². The van der Waals surface area contributed by atoms with Crippen molar-refractivity contribution >= 4 is 23.5 Å². The molecule has 2 amide bonds. The van der Waals surface area contributed by atoms with Gasteiger partial charge < -0.3 is 15.7 Å². The Labute approximate surface area is 153 Å². The molecule has 0 aliphatic heterocycles. The molecule has 0 heterocycles. The normalized spacial score (nSPS) is 25.3. The van der Waals surface area contributed by atoms with Crippen molar-refractivity contribution in [2.75, 3.05) is 5.32 Å². The minimum atomic E-state index is -1.18. The van der Waals surface area contributed by atoms with Gasteiger partial charge in [0, 0.05) is 17.2 Å². The van der Waals surface area contributed by atoms with Gasteiger partial charge in [-0.2, -0.15) is 0 Å². The van der Waals surface area contributed by atoms with Gasteiger partial charge in [0.2, 0.25) is 5.91 Å². The second-order valence-corrected chi connectivity index (χ2v) is 7.53. The number of anilines is 1. The summed E-state index contributed by atoms with van der Waals surface area (Å²) in [5.74, 6) is -0.684. The van der Waals surface area contributed by atoms with E-state index in [0.29, 0.717) is 30.0 Å². The van der Waals surface area contributed by atoms with Crippen molar-refractivity contribution in [2.45, 2.75) is 57.4 Å². The van der Waals surface area contributed by atoms with Crippen LogP contribution in [0.15, 0.2) is 24.3 Å². The molecule has 1 aromatic rings. The number of benzene rings is 1. The standard InChI is InChI=1S/C20H26N2O4/c1-2-13-9-11-20(12-10-13,19(25)26)22-18(24)15-5-7-16(8-6-15)21-17(23)14-3-4-14/h5-8,13-14H,2-4,9-12H2,1H3,(H,21,23)(H,22,24)(H,25,26). The van der Waals surface area contributed by atoms with Crippen LogP contribution in [0.5, 0.6) is 0 Å². The molecule has 0 unspecified atom stereocenters. The van der Waals surface area contributed by atoms with E-state index in [1.54, 1.807) is 24.3 Å². The Bertz CT molecular complexity index is 686. The molecular weight excluding hydrogens is 332 g/mol. The number of carboxylic acids is 1. The second kappa shape index (κ2) is 7.48. The highest BCUT2D eigenvalue weighted by molar-refractivity contribution is 5.99. The van der Waals surface area contributed by atoms with Crippen molar-refractivity contribution in [1.29, 1.82) is 0 Å². The first kappa shape index (κ1) is 18.4. The summed E-state index contributed by atoms with van der Waals surface area (Å²) in [5, 5.41) is 15.3. The van der Waals surface area contributed by atoms with Gasteiger partial charge in [0.25, 0.3) is 5.91 Å². The molecule has 2 aliphatic carbocycles. The number of carbonyl (C=O) groups excluding carboxylic acids is 2. The second-order valence-electron chi connectivity index (χ2n) is 7.53. The van der Waals surface area contributed by atoms with Crippen LogP contribution in [0.4, 0.5) is 5.69 Å². The lowest BCUT2D eigenvalue weighted by molar-refractivity contribution is -0.146. The van der Waals surface area contributed by atoms with E-state index < -0.39 is 11.5 Å². The van der Waals surface area contributed by atoms with Crippen LogP contribution >= 0.6 is 0 Å². The van der Waals surface area contributed by atoms with Gasteiger partial charge >= 0.3 is 5.97 Å². The predicted octanol–water partition coefficient (Wildman–Crippen LogP) is 3.19. The average Bonchev–Trinajstić information content (AvgIpc) is 3.48. The molecule has 6 heteroatoms. The van der Waals surface area contributed by atoms with Gasteiger partial charge in [-0.1, -0.05) is 13.3 Å². The monoisotopic (exact) mass is 358 g/mol. The molecule has 2 saturated carbocycles. The molecule has 0 aromatic heterocycles. The quantitative estimate of drug-likeness (QED) is 0.728. The Morgan fingerprint density at radius 2 is 1.69 bits per heavy atom. The molecule has 2 fully saturated rings. The van der Waals surface area contributed by atoms with E-state index in [-0.39, 0.29) is 17.7 Å². The summed E-state index contributed by atoms with van der Waals surface area (Å²) in [7, 11) is 0. The van der Waals surface area contributed by atoms with E-state index in [2.05, 4.69) is 17.6 Å². The minimum absolute atomic E-state index is 0.0136. The van der Waals surface area contributed by atoms with E-state index in [1.165, 1.54) is 0 Å². The van der Waals surface area contributed by atoms with Crippen molar-refractivity contribution < 1.29 is 19.5 Å². The molecule has 1 aromatic carbocycles. The molecule has 6 nitrogen and oxygen atoms in total. The lowest BCUT2D eigenvalue weighted by atomic mass is 9.75. The van der Waals surface area contributed by atoms with Crippen LogP contribution in [0.2, 0.25) is 0 Å². The molecule has 26 heavy (non-hydrogen) atoms. The van der Waals surface area contributed by atoms with Gasteiger partial charge in [-0.3, -0.25) is 9.59 Å². The number of carbonyl (C=O) groups is 3. The molecule has 140 valence electrons. The third-order valence-corrected chi connectivity index (χ3v) is 5.66. The van der Waals surface area contributed by atoms with Gasteiger partial charge in [-0.05, 0) is 68.7 Å². The predicted molar refractivity (Wildman–Crippen MR) is 97.9 cm³/mol. The maximum atomic E-state index is 12.6. The zero-order chi connectivity index (χ0) is 18.7. The summed E-state index contributed by atoms with van der Waals surface area (Å²) in [6.07, 6.45) is 5.46. The molecule has 0 atom stereocenters. The first-order valence-corrected chi connectivity index (χ1v) is 9.40. The van der Waals surface area contributed by atoms with Crippen LogP contribution in [-0.4, -0.2) is 28.4 Å². The van der Waals surface area contributed by atoms with Gasteiger partial charge in [-0.15, -0.1) is 0 Å². The highest BCUT2D eigenvalue weighted by atomic mass is 16.4. The minimum Gasteiger partial charge on any atom is -0.480 e. The fraction of sp³-hybridized carbons (Fsp3) is 0.550. The smallest absolute Gasteiger partial charge is 0.329 e. The zero-order valence-electron chi connectivity index (χ0n) is 15.1. The van der Waals surface area contributed by atoms with Gasteiger partial charge in [0.1, 0.15) is 5.54 Å². The highest BCUT2D eigenvalue weighted by Gasteiger charge is 2.43. The summed E-state index contributed by atoms with van der Waals surface area (Å²) in [5.41, 5.74) is -0.135. The van der Waals surface area contributed by atoms with Crippen LogP contribution in [0, 0.1) is 11.8 Å². The maximum Gasteiger partial charge on any atom is 0.329 e. The largest absolute Gasteiger partial charge is 0.480 e. The van der Waals surface area contributed by atoms with Gasteiger partial charge in [-0.25, -0.2) is 4.79 Å². The van der Waals surface area contributed by atoms with Gasteiger partial charge in [0.05, 0.1) is 0 Å². The number of rotatable bonds is 6. The van der Waals surface area contributed by atoms with E-state index in [9.17, 15) is 19.5 Å². The molecule has 0 spiro atoms. The highest BCUT2D eigenvalue weighted by Crippen LogP contribution is 2.34. The van der Waals surface area contributed by atoms with Crippen LogP contribution in [0.1, 0.15) is 62.2 Å². The number of carboxylic acid groups (broad SMARTS) is 1. The number of hydrogen-bond acceptors (Lipinski definition) is 3. The summed E-state index contributed by atoms with van der Waals surface area (Å²) in [6, 6.07) is 6.59. The van der Waals surface area contributed by atoms with E-state index >= 15 is 0 Å². The number of hydrogen-bond donors (Lipinski definition) is 3. The van der Waals surface area contributed by atoms with Crippen molar-refractivity contribution in [3.8, 4) is 0 Å². The Morgan fingerprint density at radius 1 is 1.08 bits per heavy atom. The summed E-state index contributed by atoms with van der Waals surface area (Å²) >= 11 is 0. The Kier molecular flexibility index (Phi) is 5.30. The topological polar surface area (TPSA) is 95.5 Å². The van der Waals surface area contributed by atoms with Crippen molar-refractivity contribution in [2.24, 2.45) is 11.8 Å². The number of amides is 2. The Hall–Kier alpha value is -2.37. The average molecular weight is 358 g/mol. The summed E-state index contributed by atoms with van der Waals surface area (Å²) in [6.45, 7) is 2.11. The van der Waals surface area contributed by atoms with Crippen molar-refractivity contribution in [3.63, 3.8) is 0 Å². The molecular formula is C20H26N2O4. The third-order valence-electron chi connectivity index (χ3n) is 5.66. The fourth-order valence-electron chi connectivity index (χ4n) is 3.56. The van der Waals surface area contributed by atoms with Crippen LogP contribution < -0.4 is 10.6 Å². The SMILES string of the molecule is CCC1CCC(NC(=O)c2ccc(NC(=O)C3CC3)cc2)(C(=O)O)CC1. The Morgan fingerprint density at radius 3 is 2.19 bits per heavy atom. The lowest BCUT2D eigenvalue weighted by Gasteiger charge is -2.37. The van der Waals surface area contributed by atoms with E-state index in [1.807, 2.05) is 0 Å². The van der Waals surface area contributed by atoms with Crippen LogP contribution in [0.25, 0.3) is 0 Å². The molecule has 3 rings (SSSR count). The molecule has 0 bridgehead atoms. The first-order valence-electron chi connectivity index (χ1n) is 9.40. The number of nitrogens with one attached hydrogen (secondary N) is 2. The van der Waals surface area contributed by atoms with Crippen LogP contribution in [0.3, 0.4) is 0 Å². The van der Waals surface area contributed by atoms with E-state index in [4.69, 9.17) is 0 Å². The third kappa shape index (κ3) is 4.06. The molecule has 2 aliphatic rings. The fourth-order valence-corrected chi connectivity index (χ4v) is 3.56.